The van der Waals surface area contributed by atoms with Gasteiger partial charge in [0.25, 0.3) is 0 Å². The second kappa shape index (κ2) is 8.23. The summed E-state index contributed by atoms with van der Waals surface area (Å²) in [5.74, 6) is 1.60. The molecule has 0 N–H and O–H groups in total. The van der Waals surface area contributed by atoms with Crippen LogP contribution in [0.2, 0.25) is 0 Å². The average molecular weight is 398 g/mol. The first kappa shape index (κ1) is 19.4. The molecule has 154 valence electrons. The molecule has 0 atom stereocenters. The van der Waals surface area contributed by atoms with Crippen LogP contribution in [0.1, 0.15) is 12.6 Å². The Labute approximate surface area is 170 Å². The van der Waals surface area contributed by atoms with Crippen molar-refractivity contribution in [3.8, 4) is 0 Å². The summed E-state index contributed by atoms with van der Waals surface area (Å²) >= 11 is 0. The minimum Gasteiger partial charge on any atom is -0.368 e. The lowest BCUT2D eigenvalue weighted by molar-refractivity contribution is -0.129. The van der Waals surface area contributed by atoms with E-state index in [-0.39, 0.29) is 11.7 Å². The van der Waals surface area contributed by atoms with Gasteiger partial charge in [-0.25, -0.2) is 9.37 Å². The van der Waals surface area contributed by atoms with E-state index in [9.17, 15) is 9.18 Å². The number of amides is 1. The van der Waals surface area contributed by atoms with E-state index >= 15 is 0 Å². The predicted octanol–water partition coefficient (Wildman–Crippen LogP) is 1.92. The van der Waals surface area contributed by atoms with Crippen LogP contribution in [0.15, 0.2) is 30.3 Å². The molecular formula is C21H27FN6O. The van der Waals surface area contributed by atoms with Crippen LogP contribution in [0, 0.1) is 12.7 Å². The number of benzene rings is 1. The van der Waals surface area contributed by atoms with Gasteiger partial charge < -0.3 is 19.6 Å². The van der Waals surface area contributed by atoms with Gasteiger partial charge in [-0.3, -0.25) is 4.79 Å². The highest BCUT2D eigenvalue weighted by Gasteiger charge is 2.23. The van der Waals surface area contributed by atoms with Gasteiger partial charge in [-0.1, -0.05) is 0 Å². The van der Waals surface area contributed by atoms with Crippen molar-refractivity contribution in [3.05, 3.63) is 41.8 Å². The van der Waals surface area contributed by atoms with E-state index in [0.29, 0.717) is 0 Å². The van der Waals surface area contributed by atoms with Crippen molar-refractivity contribution in [2.24, 2.45) is 0 Å². The van der Waals surface area contributed by atoms with Crippen molar-refractivity contribution < 1.29 is 9.18 Å². The molecule has 0 bridgehead atoms. The Bertz CT molecular complexity index is 858. The van der Waals surface area contributed by atoms with E-state index in [4.69, 9.17) is 4.98 Å². The number of carbonyl (C=O) groups excluding carboxylic acids is 1. The van der Waals surface area contributed by atoms with Crippen LogP contribution in [0.4, 0.5) is 21.8 Å². The second-order valence-electron chi connectivity index (χ2n) is 7.61. The fourth-order valence-electron chi connectivity index (χ4n) is 3.91. The molecule has 8 heteroatoms. The summed E-state index contributed by atoms with van der Waals surface area (Å²) in [5, 5.41) is 0. The summed E-state index contributed by atoms with van der Waals surface area (Å²) in [6.45, 7) is 9.96. The monoisotopic (exact) mass is 398 g/mol. The zero-order chi connectivity index (χ0) is 20.4. The standard InChI is InChI=1S/C21H27FN6O/c1-16-15-20(27-11-7-25(8-12-27)17(2)29)24-21(23-16)28-13-9-26(10-14-28)19-5-3-18(22)4-6-19/h3-6,15H,7-14H2,1-2H3. The number of aromatic nitrogens is 2. The molecule has 2 aromatic rings. The first-order chi connectivity index (χ1) is 14.0. The molecule has 1 aromatic heterocycles. The maximum Gasteiger partial charge on any atom is 0.227 e. The fraction of sp³-hybridized carbons (Fsp3) is 0.476. The quantitative estimate of drug-likeness (QED) is 0.788. The number of hydrogen-bond acceptors (Lipinski definition) is 6. The highest BCUT2D eigenvalue weighted by atomic mass is 19.1. The highest BCUT2D eigenvalue weighted by Crippen LogP contribution is 2.22. The van der Waals surface area contributed by atoms with Gasteiger partial charge >= 0.3 is 0 Å². The zero-order valence-corrected chi connectivity index (χ0v) is 17.0. The molecule has 0 spiro atoms. The van der Waals surface area contributed by atoms with Crippen molar-refractivity contribution in [3.63, 3.8) is 0 Å². The lowest BCUT2D eigenvalue weighted by Crippen LogP contribution is -2.49. The van der Waals surface area contributed by atoms with Crippen molar-refractivity contribution >= 4 is 23.4 Å². The zero-order valence-electron chi connectivity index (χ0n) is 17.0. The minimum absolute atomic E-state index is 0.128. The first-order valence-electron chi connectivity index (χ1n) is 10.1. The number of aryl methyl sites for hydroxylation is 1. The molecule has 0 saturated carbocycles. The Kier molecular flexibility index (Phi) is 5.51. The third-order valence-electron chi connectivity index (χ3n) is 5.63. The molecule has 2 aliphatic heterocycles. The number of halogens is 1. The Balaban J connectivity index is 1.42. The van der Waals surface area contributed by atoms with Gasteiger partial charge in [0.2, 0.25) is 11.9 Å². The van der Waals surface area contributed by atoms with Gasteiger partial charge in [-0.05, 0) is 31.2 Å². The summed E-state index contributed by atoms with van der Waals surface area (Å²) in [5.41, 5.74) is 1.99. The lowest BCUT2D eigenvalue weighted by Gasteiger charge is -2.37. The van der Waals surface area contributed by atoms with E-state index in [0.717, 1.165) is 75.5 Å². The van der Waals surface area contributed by atoms with Gasteiger partial charge in [0.1, 0.15) is 11.6 Å². The molecule has 7 nitrogen and oxygen atoms in total. The maximum atomic E-state index is 13.2. The molecule has 2 fully saturated rings. The van der Waals surface area contributed by atoms with Crippen LogP contribution in [0.3, 0.4) is 0 Å². The second-order valence-corrected chi connectivity index (χ2v) is 7.61. The third kappa shape index (κ3) is 4.41. The molecular weight excluding hydrogens is 371 g/mol. The van der Waals surface area contributed by atoms with Crippen LogP contribution in [-0.2, 0) is 4.79 Å². The number of carbonyl (C=O) groups is 1. The number of rotatable bonds is 3. The molecule has 29 heavy (non-hydrogen) atoms. The highest BCUT2D eigenvalue weighted by molar-refractivity contribution is 5.73. The van der Waals surface area contributed by atoms with Crippen LogP contribution in [0.5, 0.6) is 0 Å². The van der Waals surface area contributed by atoms with Crippen LogP contribution >= 0.6 is 0 Å². The first-order valence-corrected chi connectivity index (χ1v) is 10.1. The molecule has 0 radical (unpaired) electrons. The minimum atomic E-state index is -0.211. The van der Waals surface area contributed by atoms with E-state index in [1.54, 1.807) is 6.92 Å². The largest absolute Gasteiger partial charge is 0.368 e. The van der Waals surface area contributed by atoms with E-state index in [1.165, 1.54) is 12.1 Å². The smallest absolute Gasteiger partial charge is 0.227 e. The summed E-state index contributed by atoms with van der Waals surface area (Å²) in [7, 11) is 0. The third-order valence-corrected chi connectivity index (χ3v) is 5.63. The molecule has 4 rings (SSSR count). The summed E-state index contributed by atoms with van der Waals surface area (Å²) in [6.07, 6.45) is 0. The number of hydrogen-bond donors (Lipinski definition) is 0. The molecule has 1 aromatic carbocycles. The summed E-state index contributed by atoms with van der Waals surface area (Å²) in [4.78, 5) is 29.6. The van der Waals surface area contributed by atoms with Gasteiger partial charge in [-0.2, -0.15) is 4.98 Å². The van der Waals surface area contributed by atoms with E-state index in [2.05, 4.69) is 19.7 Å². The van der Waals surface area contributed by atoms with Crippen LogP contribution in [-0.4, -0.2) is 73.1 Å². The predicted molar refractivity (Wildman–Crippen MR) is 112 cm³/mol. The maximum absolute atomic E-state index is 13.2. The van der Waals surface area contributed by atoms with Gasteiger partial charge in [-0.15, -0.1) is 0 Å². The summed E-state index contributed by atoms with van der Waals surface area (Å²) in [6, 6.07) is 8.68. The molecule has 2 saturated heterocycles. The summed E-state index contributed by atoms with van der Waals surface area (Å²) < 4.78 is 13.2. The molecule has 0 aliphatic carbocycles. The van der Waals surface area contributed by atoms with Crippen LogP contribution in [0.25, 0.3) is 0 Å². The topological polar surface area (TPSA) is 55.8 Å². The van der Waals surface area contributed by atoms with Gasteiger partial charge in [0.15, 0.2) is 0 Å². The van der Waals surface area contributed by atoms with E-state index in [1.807, 2.05) is 30.0 Å². The normalized spacial score (nSPS) is 17.6. The van der Waals surface area contributed by atoms with Crippen molar-refractivity contribution in [1.29, 1.82) is 0 Å². The van der Waals surface area contributed by atoms with Crippen molar-refractivity contribution in [1.82, 2.24) is 14.9 Å². The average Bonchev–Trinajstić information content (AvgIpc) is 2.74. The Morgan fingerprint density at radius 1 is 0.862 bits per heavy atom. The number of piperazine rings is 2. The Hall–Kier alpha value is -2.90. The molecule has 2 aliphatic rings. The lowest BCUT2D eigenvalue weighted by atomic mass is 10.2. The van der Waals surface area contributed by atoms with Gasteiger partial charge in [0, 0.05) is 76.7 Å². The number of anilines is 3. The fourth-order valence-corrected chi connectivity index (χ4v) is 3.91. The Morgan fingerprint density at radius 3 is 2.07 bits per heavy atom. The number of nitrogens with zero attached hydrogens (tertiary/aromatic N) is 6. The Morgan fingerprint density at radius 2 is 1.45 bits per heavy atom. The van der Waals surface area contributed by atoms with E-state index < -0.39 is 0 Å². The molecule has 0 unspecified atom stereocenters. The van der Waals surface area contributed by atoms with Crippen molar-refractivity contribution in [2.75, 3.05) is 67.1 Å². The molecule has 1 amide bonds. The van der Waals surface area contributed by atoms with Gasteiger partial charge in [0.05, 0.1) is 0 Å². The molecule has 3 heterocycles. The SMILES string of the molecule is CC(=O)N1CCN(c2cc(C)nc(N3CCN(c4ccc(F)cc4)CC3)n2)CC1. The van der Waals surface area contributed by atoms with Crippen LogP contribution < -0.4 is 14.7 Å². The van der Waals surface area contributed by atoms with Crippen molar-refractivity contribution in [2.45, 2.75) is 13.8 Å².